The Morgan fingerprint density at radius 1 is 1.26 bits per heavy atom. The Morgan fingerprint density at radius 3 is 2.70 bits per heavy atom. The van der Waals surface area contributed by atoms with Crippen LogP contribution in [-0.2, 0) is 6.54 Å². The van der Waals surface area contributed by atoms with Crippen LogP contribution in [0.25, 0.3) is 5.13 Å². The molecule has 6 nitrogen and oxygen atoms in total. The van der Waals surface area contributed by atoms with Gasteiger partial charge in [-0.2, -0.15) is 0 Å². The molecule has 3 rings (SSSR count). The van der Waals surface area contributed by atoms with Crippen molar-refractivity contribution in [3.8, 4) is 10.9 Å². The minimum Gasteiger partial charge on any atom is -0.497 e. The zero-order chi connectivity index (χ0) is 19.6. The van der Waals surface area contributed by atoms with E-state index in [1.54, 1.807) is 13.0 Å². The number of ether oxygens (including phenoxy) is 1. The summed E-state index contributed by atoms with van der Waals surface area (Å²) in [5, 5.41) is 2.98. The number of hydrogen-bond acceptors (Lipinski definition) is 5. The van der Waals surface area contributed by atoms with Crippen molar-refractivity contribution < 1.29 is 18.3 Å². The maximum Gasteiger partial charge on any atom is 0.263 e. The van der Waals surface area contributed by atoms with Gasteiger partial charge in [-0.05, 0) is 30.7 Å². The Hall–Kier alpha value is -3.07. The quantitative estimate of drug-likeness (QED) is 0.726. The van der Waals surface area contributed by atoms with Gasteiger partial charge in [-0.25, -0.2) is 13.8 Å². The molecule has 0 aliphatic carbocycles. The van der Waals surface area contributed by atoms with Crippen LogP contribution < -0.4 is 15.6 Å². The Morgan fingerprint density at radius 2 is 2.04 bits per heavy atom. The van der Waals surface area contributed by atoms with E-state index in [4.69, 9.17) is 4.74 Å². The van der Waals surface area contributed by atoms with Crippen molar-refractivity contribution in [1.82, 2.24) is 14.9 Å². The van der Waals surface area contributed by atoms with Crippen LogP contribution in [0.5, 0.6) is 5.75 Å². The van der Waals surface area contributed by atoms with Crippen molar-refractivity contribution >= 4 is 17.2 Å². The molecular formula is C18H15F2N3O3S. The Bertz CT molecular complexity index is 1060. The molecule has 9 heteroatoms. The lowest BCUT2D eigenvalue weighted by Crippen LogP contribution is -2.22. The molecule has 0 unspecified atom stereocenters. The summed E-state index contributed by atoms with van der Waals surface area (Å²) in [6, 6.07) is 6.35. The summed E-state index contributed by atoms with van der Waals surface area (Å²) >= 11 is 1.05. The summed E-state index contributed by atoms with van der Waals surface area (Å²) in [4.78, 5) is 29.1. The summed E-state index contributed by atoms with van der Waals surface area (Å²) in [6.07, 6.45) is 1.52. The molecule has 0 spiro atoms. The largest absolute Gasteiger partial charge is 0.497 e. The van der Waals surface area contributed by atoms with Crippen LogP contribution in [0.3, 0.4) is 0 Å². The summed E-state index contributed by atoms with van der Waals surface area (Å²) in [7, 11) is 1.46. The molecule has 0 bridgehead atoms. The third kappa shape index (κ3) is 4.03. The molecular weight excluding hydrogens is 376 g/mol. The summed E-state index contributed by atoms with van der Waals surface area (Å²) < 4.78 is 32.5. The highest BCUT2D eigenvalue weighted by atomic mass is 32.1. The van der Waals surface area contributed by atoms with E-state index in [1.807, 2.05) is 0 Å². The summed E-state index contributed by atoms with van der Waals surface area (Å²) in [6.45, 7) is 1.69. The minimum atomic E-state index is -0.975. The minimum absolute atomic E-state index is 0.0329. The number of thiazole rings is 1. The molecule has 1 N–H and O–H groups in total. The standard InChI is InChI=1S/C18H15F2N3O3S/c1-10-16(17(25)21-9-11-3-4-13(19)14(20)7-11)27-18(22-10)23-6-5-12(26-2)8-15(23)24/h3-8H,9H2,1-2H3,(H,21,25). The van der Waals surface area contributed by atoms with Gasteiger partial charge in [-0.3, -0.25) is 14.2 Å². The van der Waals surface area contributed by atoms with E-state index in [0.717, 1.165) is 23.5 Å². The molecule has 1 amide bonds. The highest BCUT2D eigenvalue weighted by Gasteiger charge is 2.17. The van der Waals surface area contributed by atoms with E-state index in [0.29, 0.717) is 27.0 Å². The average molecular weight is 391 g/mol. The molecule has 140 valence electrons. The zero-order valence-electron chi connectivity index (χ0n) is 14.5. The van der Waals surface area contributed by atoms with Gasteiger partial charge in [0.2, 0.25) is 0 Å². The number of carbonyl (C=O) groups excluding carboxylic acids is 1. The maximum atomic E-state index is 13.2. The number of halogens is 2. The second-order valence-corrected chi connectivity index (χ2v) is 6.59. The van der Waals surface area contributed by atoms with E-state index in [1.165, 1.54) is 30.0 Å². The van der Waals surface area contributed by atoms with Crippen LogP contribution in [0.1, 0.15) is 20.9 Å². The number of nitrogens with zero attached hydrogens (tertiary/aromatic N) is 2. The van der Waals surface area contributed by atoms with Crippen molar-refractivity contribution in [3.05, 3.63) is 74.7 Å². The van der Waals surface area contributed by atoms with Crippen molar-refractivity contribution in [2.45, 2.75) is 13.5 Å². The van der Waals surface area contributed by atoms with E-state index in [2.05, 4.69) is 10.3 Å². The number of carbonyl (C=O) groups is 1. The number of aromatic nitrogens is 2. The first-order valence-corrected chi connectivity index (χ1v) is 8.67. The molecule has 2 heterocycles. The molecule has 0 aliphatic heterocycles. The van der Waals surface area contributed by atoms with Gasteiger partial charge < -0.3 is 10.1 Å². The fraction of sp³-hybridized carbons (Fsp3) is 0.167. The highest BCUT2D eigenvalue weighted by molar-refractivity contribution is 7.16. The van der Waals surface area contributed by atoms with Crippen molar-refractivity contribution in [1.29, 1.82) is 0 Å². The number of amides is 1. The molecule has 2 aromatic heterocycles. The average Bonchev–Trinajstić information content (AvgIpc) is 3.03. The van der Waals surface area contributed by atoms with Gasteiger partial charge >= 0.3 is 0 Å². The predicted octanol–water partition coefficient (Wildman–Crippen LogP) is 2.82. The number of nitrogens with one attached hydrogen (secondary N) is 1. The van der Waals surface area contributed by atoms with Gasteiger partial charge in [0.15, 0.2) is 16.8 Å². The van der Waals surface area contributed by atoms with Gasteiger partial charge in [-0.15, -0.1) is 0 Å². The lowest BCUT2D eigenvalue weighted by atomic mass is 10.2. The number of benzene rings is 1. The van der Waals surface area contributed by atoms with Crippen LogP contribution in [0, 0.1) is 18.6 Å². The lowest BCUT2D eigenvalue weighted by molar-refractivity contribution is 0.0954. The van der Waals surface area contributed by atoms with Crippen LogP contribution in [0.15, 0.2) is 41.3 Å². The predicted molar refractivity (Wildman–Crippen MR) is 96.5 cm³/mol. The van der Waals surface area contributed by atoms with Gasteiger partial charge in [0.05, 0.1) is 12.8 Å². The van der Waals surface area contributed by atoms with Crippen molar-refractivity contribution in [3.63, 3.8) is 0 Å². The van der Waals surface area contributed by atoms with Gasteiger partial charge in [0.25, 0.3) is 11.5 Å². The first-order chi connectivity index (χ1) is 12.9. The van der Waals surface area contributed by atoms with Crippen LogP contribution in [0.2, 0.25) is 0 Å². The zero-order valence-corrected chi connectivity index (χ0v) is 15.3. The number of hydrogen-bond donors (Lipinski definition) is 1. The van der Waals surface area contributed by atoms with Crippen LogP contribution in [-0.4, -0.2) is 22.6 Å². The van der Waals surface area contributed by atoms with Crippen molar-refractivity contribution in [2.24, 2.45) is 0 Å². The van der Waals surface area contributed by atoms with E-state index in [-0.39, 0.29) is 12.1 Å². The molecule has 27 heavy (non-hydrogen) atoms. The fourth-order valence-electron chi connectivity index (χ4n) is 2.35. The summed E-state index contributed by atoms with van der Waals surface area (Å²) in [5.74, 6) is -1.91. The number of methoxy groups -OCH3 is 1. The number of pyridine rings is 1. The van der Waals surface area contributed by atoms with Crippen LogP contribution >= 0.6 is 11.3 Å². The molecule has 0 saturated carbocycles. The molecule has 0 radical (unpaired) electrons. The molecule has 0 saturated heterocycles. The second-order valence-electron chi connectivity index (χ2n) is 5.62. The first kappa shape index (κ1) is 18.7. The molecule has 0 atom stereocenters. The lowest BCUT2D eigenvalue weighted by Gasteiger charge is -2.05. The maximum absolute atomic E-state index is 13.2. The first-order valence-electron chi connectivity index (χ1n) is 7.85. The van der Waals surface area contributed by atoms with Gasteiger partial charge in [0, 0.05) is 18.8 Å². The molecule has 0 fully saturated rings. The fourth-order valence-corrected chi connectivity index (χ4v) is 3.33. The van der Waals surface area contributed by atoms with E-state index in [9.17, 15) is 18.4 Å². The van der Waals surface area contributed by atoms with Crippen molar-refractivity contribution in [2.75, 3.05) is 7.11 Å². The number of rotatable bonds is 5. The third-order valence-corrected chi connectivity index (χ3v) is 4.92. The Labute approximate surface area is 157 Å². The van der Waals surface area contributed by atoms with Gasteiger partial charge in [0.1, 0.15) is 10.6 Å². The monoisotopic (exact) mass is 391 g/mol. The third-order valence-electron chi connectivity index (χ3n) is 3.76. The molecule has 0 aliphatic rings. The summed E-state index contributed by atoms with van der Waals surface area (Å²) in [5.41, 5.74) is 0.549. The SMILES string of the molecule is COc1ccn(-c2nc(C)c(C(=O)NCc3ccc(F)c(F)c3)s2)c(=O)c1. The molecule has 1 aromatic carbocycles. The van der Waals surface area contributed by atoms with E-state index >= 15 is 0 Å². The topological polar surface area (TPSA) is 73.2 Å². The number of aryl methyl sites for hydroxylation is 1. The van der Waals surface area contributed by atoms with Gasteiger partial charge in [-0.1, -0.05) is 17.4 Å². The Kier molecular flexibility index (Phi) is 5.31. The highest BCUT2D eigenvalue weighted by Crippen LogP contribution is 2.21. The van der Waals surface area contributed by atoms with Crippen LogP contribution in [0.4, 0.5) is 8.78 Å². The Balaban J connectivity index is 1.78. The molecule has 3 aromatic rings. The smallest absolute Gasteiger partial charge is 0.263 e. The van der Waals surface area contributed by atoms with E-state index < -0.39 is 17.5 Å². The normalized spacial score (nSPS) is 10.7. The second kappa shape index (κ2) is 7.67.